The summed E-state index contributed by atoms with van der Waals surface area (Å²) < 4.78 is 0. The highest BCUT2D eigenvalue weighted by molar-refractivity contribution is 6.28. The molecule has 2 aromatic rings. The molecular formula is C16H14ClNO. The van der Waals surface area contributed by atoms with Crippen molar-refractivity contribution < 1.29 is 4.79 Å². The number of nitrogens with zero attached hydrogens (tertiary/aromatic N) is 1. The summed E-state index contributed by atoms with van der Waals surface area (Å²) in [7, 11) is 0. The number of rotatable bonds is 2. The van der Waals surface area contributed by atoms with E-state index in [0.29, 0.717) is 5.56 Å². The Balaban J connectivity index is 1.91. The Morgan fingerprint density at radius 2 is 1.58 bits per heavy atom. The van der Waals surface area contributed by atoms with E-state index in [0.717, 1.165) is 5.56 Å². The molecule has 0 aromatic heterocycles. The molecular weight excluding hydrogens is 258 g/mol. The number of benzene rings is 2. The van der Waals surface area contributed by atoms with Gasteiger partial charge in [0.1, 0.15) is 0 Å². The van der Waals surface area contributed by atoms with Gasteiger partial charge in [0.05, 0.1) is 6.04 Å². The van der Waals surface area contributed by atoms with Gasteiger partial charge >= 0.3 is 0 Å². The molecule has 0 radical (unpaired) electrons. The lowest BCUT2D eigenvalue weighted by Gasteiger charge is -2.10. The van der Waals surface area contributed by atoms with Crippen molar-refractivity contribution in [1.82, 2.24) is 4.90 Å². The van der Waals surface area contributed by atoms with Crippen LogP contribution in [0.2, 0.25) is 0 Å². The van der Waals surface area contributed by atoms with Crippen LogP contribution in [0.3, 0.4) is 0 Å². The van der Waals surface area contributed by atoms with Crippen LogP contribution in [0.4, 0.5) is 0 Å². The quantitative estimate of drug-likeness (QED) is 0.464. The zero-order valence-electron chi connectivity index (χ0n) is 10.6. The Bertz CT molecular complexity index is 599. The lowest BCUT2D eigenvalue weighted by atomic mass is 10.1. The molecule has 0 bridgehead atoms. The molecule has 0 aliphatic carbocycles. The number of hydrogen-bond donors (Lipinski definition) is 0. The standard InChI is InChI=1S/C16H14ClNO/c1-12-16(17,14-10-6-3-7-11-14)18(12)15(19)13-8-4-2-5-9-13/h2-12H,1H3/t12-,16-,18?/m0/s1. The summed E-state index contributed by atoms with van der Waals surface area (Å²) >= 11 is 6.64. The smallest absolute Gasteiger partial charge is 0.255 e. The molecule has 1 aliphatic rings. The zero-order valence-corrected chi connectivity index (χ0v) is 11.3. The molecule has 1 saturated heterocycles. The summed E-state index contributed by atoms with van der Waals surface area (Å²) in [6.45, 7) is 1.97. The summed E-state index contributed by atoms with van der Waals surface area (Å²) in [5.41, 5.74) is 1.64. The first-order valence-electron chi connectivity index (χ1n) is 6.29. The molecule has 19 heavy (non-hydrogen) atoms. The van der Waals surface area contributed by atoms with Gasteiger partial charge in [0, 0.05) is 5.56 Å². The van der Waals surface area contributed by atoms with Crippen LogP contribution in [-0.4, -0.2) is 16.8 Å². The fourth-order valence-electron chi connectivity index (χ4n) is 2.49. The van der Waals surface area contributed by atoms with E-state index in [1.54, 1.807) is 4.90 Å². The van der Waals surface area contributed by atoms with Crippen molar-refractivity contribution in [3.63, 3.8) is 0 Å². The highest BCUT2D eigenvalue weighted by atomic mass is 35.5. The van der Waals surface area contributed by atoms with Gasteiger partial charge in [-0.25, -0.2) is 0 Å². The third-order valence-electron chi connectivity index (χ3n) is 3.64. The first-order chi connectivity index (χ1) is 9.15. The van der Waals surface area contributed by atoms with Crippen LogP contribution < -0.4 is 0 Å². The van der Waals surface area contributed by atoms with Gasteiger partial charge in [0.25, 0.3) is 5.91 Å². The lowest BCUT2D eigenvalue weighted by molar-refractivity contribution is 0.0860. The average molecular weight is 272 g/mol. The molecule has 2 aromatic carbocycles. The van der Waals surface area contributed by atoms with Crippen LogP contribution >= 0.6 is 11.6 Å². The van der Waals surface area contributed by atoms with Crippen LogP contribution in [-0.2, 0) is 5.00 Å². The second-order valence-electron chi connectivity index (χ2n) is 4.76. The minimum atomic E-state index is -0.700. The maximum absolute atomic E-state index is 12.4. The van der Waals surface area contributed by atoms with Crippen molar-refractivity contribution >= 4 is 17.5 Å². The van der Waals surface area contributed by atoms with Crippen LogP contribution in [0, 0.1) is 0 Å². The summed E-state index contributed by atoms with van der Waals surface area (Å²) in [6.07, 6.45) is 0. The maximum Gasteiger partial charge on any atom is 0.255 e. The number of halogens is 1. The van der Waals surface area contributed by atoms with Crippen molar-refractivity contribution in [3.05, 3.63) is 71.8 Å². The van der Waals surface area contributed by atoms with E-state index in [9.17, 15) is 4.79 Å². The first-order valence-corrected chi connectivity index (χ1v) is 6.66. The van der Waals surface area contributed by atoms with Gasteiger partial charge in [-0.3, -0.25) is 4.79 Å². The fraction of sp³-hybridized carbons (Fsp3) is 0.188. The predicted molar refractivity (Wildman–Crippen MR) is 76.0 cm³/mol. The molecule has 0 unspecified atom stereocenters. The fourth-order valence-corrected chi connectivity index (χ4v) is 2.89. The minimum Gasteiger partial charge on any atom is -0.307 e. The largest absolute Gasteiger partial charge is 0.307 e. The van der Waals surface area contributed by atoms with Gasteiger partial charge in [0.2, 0.25) is 0 Å². The number of alkyl halides is 1. The molecule has 2 nitrogen and oxygen atoms in total. The van der Waals surface area contributed by atoms with Gasteiger partial charge < -0.3 is 4.90 Å². The minimum absolute atomic E-state index is 0.00396. The normalized spacial score (nSPS) is 25.2. The average Bonchev–Trinajstić information content (AvgIpc) is 3.03. The van der Waals surface area contributed by atoms with E-state index >= 15 is 0 Å². The van der Waals surface area contributed by atoms with E-state index in [1.807, 2.05) is 67.6 Å². The van der Waals surface area contributed by atoms with Crippen molar-refractivity contribution in [2.24, 2.45) is 0 Å². The third kappa shape index (κ3) is 1.83. The highest BCUT2D eigenvalue weighted by Crippen LogP contribution is 2.53. The summed E-state index contributed by atoms with van der Waals surface area (Å²) in [5, 5.41) is 0. The molecule has 0 spiro atoms. The van der Waals surface area contributed by atoms with Crippen LogP contribution in [0.1, 0.15) is 22.8 Å². The summed E-state index contributed by atoms with van der Waals surface area (Å²) in [4.78, 5) is 13.5. The van der Waals surface area contributed by atoms with Crippen molar-refractivity contribution in [2.45, 2.75) is 18.0 Å². The number of amides is 1. The van der Waals surface area contributed by atoms with Gasteiger partial charge in [0.15, 0.2) is 5.00 Å². The van der Waals surface area contributed by atoms with E-state index in [4.69, 9.17) is 11.6 Å². The Morgan fingerprint density at radius 3 is 2.16 bits per heavy atom. The molecule has 1 heterocycles. The van der Waals surface area contributed by atoms with Crippen LogP contribution in [0.25, 0.3) is 0 Å². The molecule has 2 atom stereocenters. The summed E-state index contributed by atoms with van der Waals surface area (Å²) in [6, 6.07) is 19.0. The van der Waals surface area contributed by atoms with Crippen LogP contribution in [0.15, 0.2) is 60.7 Å². The van der Waals surface area contributed by atoms with Gasteiger partial charge in [-0.1, -0.05) is 60.1 Å². The first kappa shape index (κ1) is 12.2. The lowest BCUT2D eigenvalue weighted by Crippen LogP contribution is -2.17. The highest BCUT2D eigenvalue weighted by Gasteiger charge is 2.62. The SMILES string of the molecule is C[C@@H]1N(C(=O)c2ccccc2)[C@]1(Cl)c1ccccc1. The second kappa shape index (κ2) is 4.39. The van der Waals surface area contributed by atoms with E-state index in [1.165, 1.54) is 0 Å². The number of hydrogen-bond acceptors (Lipinski definition) is 1. The Labute approximate surface area is 117 Å². The van der Waals surface area contributed by atoms with Crippen molar-refractivity contribution in [1.29, 1.82) is 0 Å². The number of carbonyl (C=O) groups excluding carboxylic acids is 1. The zero-order chi connectivity index (χ0) is 13.5. The van der Waals surface area contributed by atoms with Crippen molar-refractivity contribution in [2.75, 3.05) is 0 Å². The molecule has 3 rings (SSSR count). The predicted octanol–water partition coefficient (Wildman–Crippen LogP) is 3.62. The molecule has 3 heteroatoms. The molecule has 1 aliphatic heterocycles. The van der Waals surface area contributed by atoms with Gasteiger partial charge in [-0.15, -0.1) is 0 Å². The van der Waals surface area contributed by atoms with Gasteiger partial charge in [-0.2, -0.15) is 0 Å². The molecule has 1 fully saturated rings. The van der Waals surface area contributed by atoms with Gasteiger partial charge in [-0.05, 0) is 24.6 Å². The Hall–Kier alpha value is -1.80. The second-order valence-corrected chi connectivity index (χ2v) is 5.33. The molecule has 1 amide bonds. The Kier molecular flexibility index (Phi) is 2.83. The Morgan fingerprint density at radius 1 is 1.05 bits per heavy atom. The van der Waals surface area contributed by atoms with E-state index in [-0.39, 0.29) is 11.9 Å². The maximum atomic E-state index is 12.4. The van der Waals surface area contributed by atoms with E-state index < -0.39 is 5.00 Å². The molecule has 0 N–H and O–H groups in total. The van der Waals surface area contributed by atoms with Crippen LogP contribution in [0.5, 0.6) is 0 Å². The summed E-state index contributed by atoms with van der Waals surface area (Å²) in [5.74, 6) is -0.0213. The molecule has 96 valence electrons. The topological polar surface area (TPSA) is 20.1 Å². The molecule has 0 saturated carbocycles. The van der Waals surface area contributed by atoms with Crippen molar-refractivity contribution in [3.8, 4) is 0 Å². The third-order valence-corrected chi connectivity index (χ3v) is 4.36. The van der Waals surface area contributed by atoms with E-state index in [2.05, 4.69) is 0 Å². The number of carbonyl (C=O) groups is 1. The monoisotopic (exact) mass is 271 g/mol.